The minimum absolute atomic E-state index is 0.284. The predicted octanol–water partition coefficient (Wildman–Crippen LogP) is 5.37. The lowest BCUT2D eigenvalue weighted by molar-refractivity contribution is 0.620. The summed E-state index contributed by atoms with van der Waals surface area (Å²) < 4.78 is 1.19. The molecule has 3 aromatic rings. The summed E-state index contributed by atoms with van der Waals surface area (Å²) in [5, 5.41) is 5.84. The van der Waals surface area contributed by atoms with Gasteiger partial charge < -0.3 is 5.32 Å². The molecule has 0 unspecified atom stereocenters. The summed E-state index contributed by atoms with van der Waals surface area (Å²) in [6, 6.07) is 19.8. The van der Waals surface area contributed by atoms with Crippen molar-refractivity contribution in [3.8, 4) is 11.1 Å². The molecular weight excluding hydrogens is 342 g/mol. The van der Waals surface area contributed by atoms with Gasteiger partial charge in [0.05, 0.1) is 6.04 Å². The summed E-state index contributed by atoms with van der Waals surface area (Å²) in [6.45, 7) is 0.881. The van der Waals surface area contributed by atoms with E-state index in [9.17, 15) is 0 Å². The number of rotatable bonds is 3. The average molecular weight is 356 g/mol. The number of fused-ring (bicyclic) bond motifs is 3. The van der Waals surface area contributed by atoms with Crippen molar-refractivity contribution in [2.24, 2.45) is 0 Å². The second-order valence-corrected chi connectivity index (χ2v) is 7.04. The minimum atomic E-state index is 0.284. The fourth-order valence-electron chi connectivity index (χ4n) is 3.02. The molecule has 0 radical (unpaired) electrons. The number of hydrogen-bond acceptors (Lipinski definition) is 2. The highest BCUT2D eigenvalue weighted by Gasteiger charge is 2.27. The standard InChI is InChI=1S/C18H14BrNS/c19-16-9-10-21-17(16)11-20-18-14-7-3-1-5-12(14)13-6-2-4-8-15(13)18/h1-10,18,20H,11H2. The summed E-state index contributed by atoms with van der Waals surface area (Å²) >= 11 is 5.40. The Morgan fingerprint density at radius 1 is 0.905 bits per heavy atom. The zero-order valence-corrected chi connectivity index (χ0v) is 13.7. The topological polar surface area (TPSA) is 12.0 Å². The maximum atomic E-state index is 3.72. The van der Waals surface area contributed by atoms with E-state index in [0.29, 0.717) is 0 Å². The van der Waals surface area contributed by atoms with Gasteiger partial charge in [0, 0.05) is 15.9 Å². The molecule has 0 atom stereocenters. The number of hydrogen-bond donors (Lipinski definition) is 1. The lowest BCUT2D eigenvalue weighted by atomic mass is 10.1. The third kappa shape index (κ3) is 2.26. The molecule has 0 aliphatic heterocycles. The van der Waals surface area contributed by atoms with E-state index < -0.39 is 0 Å². The van der Waals surface area contributed by atoms with Crippen LogP contribution in [0, 0.1) is 0 Å². The molecule has 1 aromatic heterocycles. The molecule has 0 bridgehead atoms. The quantitative estimate of drug-likeness (QED) is 0.665. The van der Waals surface area contributed by atoms with E-state index in [0.717, 1.165) is 6.54 Å². The first kappa shape index (κ1) is 13.3. The summed E-state index contributed by atoms with van der Waals surface area (Å²) in [4.78, 5) is 1.34. The van der Waals surface area contributed by atoms with Gasteiger partial charge in [-0.25, -0.2) is 0 Å². The van der Waals surface area contributed by atoms with Crippen molar-refractivity contribution in [2.45, 2.75) is 12.6 Å². The van der Waals surface area contributed by atoms with Crippen LogP contribution >= 0.6 is 27.3 Å². The zero-order chi connectivity index (χ0) is 14.2. The molecule has 1 N–H and O–H groups in total. The van der Waals surface area contributed by atoms with Crippen LogP contribution in [-0.4, -0.2) is 0 Å². The van der Waals surface area contributed by atoms with Gasteiger partial charge in [0.25, 0.3) is 0 Å². The maximum absolute atomic E-state index is 3.72. The average Bonchev–Trinajstić information content (AvgIpc) is 3.07. The Labute approximate surface area is 136 Å². The summed E-state index contributed by atoms with van der Waals surface area (Å²) in [5.41, 5.74) is 5.48. The van der Waals surface area contributed by atoms with Gasteiger partial charge in [0.15, 0.2) is 0 Å². The molecule has 1 aliphatic carbocycles. The van der Waals surface area contributed by atoms with E-state index in [2.05, 4.69) is 81.2 Å². The fourth-order valence-corrected chi connectivity index (χ4v) is 4.46. The van der Waals surface area contributed by atoms with Crippen molar-refractivity contribution >= 4 is 27.3 Å². The molecule has 21 heavy (non-hydrogen) atoms. The molecular formula is C18H14BrNS. The largest absolute Gasteiger partial charge is 0.301 e. The molecule has 0 fully saturated rings. The van der Waals surface area contributed by atoms with Crippen molar-refractivity contribution in [2.75, 3.05) is 0 Å². The van der Waals surface area contributed by atoms with E-state index >= 15 is 0 Å². The van der Waals surface area contributed by atoms with Gasteiger partial charge in [-0.1, -0.05) is 48.5 Å². The summed E-state index contributed by atoms with van der Waals surface area (Å²) in [6.07, 6.45) is 0. The van der Waals surface area contributed by atoms with Gasteiger partial charge in [-0.3, -0.25) is 0 Å². The highest BCUT2D eigenvalue weighted by Crippen LogP contribution is 2.43. The van der Waals surface area contributed by atoms with E-state index in [1.54, 1.807) is 11.3 Å². The number of thiophene rings is 1. The first-order valence-electron chi connectivity index (χ1n) is 6.98. The van der Waals surface area contributed by atoms with Gasteiger partial charge in [0.2, 0.25) is 0 Å². The molecule has 0 saturated heterocycles. The Hall–Kier alpha value is -1.42. The Kier molecular flexibility index (Phi) is 3.42. The van der Waals surface area contributed by atoms with Crippen LogP contribution in [0.3, 0.4) is 0 Å². The molecule has 1 heterocycles. The molecule has 3 heteroatoms. The fraction of sp³-hybridized carbons (Fsp3) is 0.111. The molecule has 0 spiro atoms. The highest BCUT2D eigenvalue weighted by atomic mass is 79.9. The van der Waals surface area contributed by atoms with Crippen LogP contribution in [0.4, 0.5) is 0 Å². The van der Waals surface area contributed by atoms with E-state index in [-0.39, 0.29) is 6.04 Å². The molecule has 1 aliphatic rings. The molecule has 0 amide bonds. The minimum Gasteiger partial charge on any atom is -0.301 e. The monoisotopic (exact) mass is 355 g/mol. The van der Waals surface area contributed by atoms with Gasteiger partial charge >= 0.3 is 0 Å². The van der Waals surface area contributed by atoms with E-state index in [1.165, 1.54) is 31.6 Å². The number of benzene rings is 2. The Morgan fingerprint density at radius 3 is 2.10 bits per heavy atom. The van der Waals surface area contributed by atoms with Crippen molar-refractivity contribution in [1.82, 2.24) is 5.32 Å². The van der Waals surface area contributed by atoms with Crippen LogP contribution in [0.1, 0.15) is 22.0 Å². The Morgan fingerprint density at radius 2 is 1.52 bits per heavy atom. The number of halogens is 1. The van der Waals surface area contributed by atoms with E-state index in [4.69, 9.17) is 0 Å². The second-order valence-electron chi connectivity index (χ2n) is 5.18. The van der Waals surface area contributed by atoms with Gasteiger partial charge in [-0.2, -0.15) is 0 Å². The van der Waals surface area contributed by atoms with Crippen LogP contribution in [0.15, 0.2) is 64.5 Å². The lowest BCUT2D eigenvalue weighted by Gasteiger charge is -2.15. The van der Waals surface area contributed by atoms with Crippen LogP contribution in [-0.2, 0) is 6.54 Å². The molecule has 104 valence electrons. The Bertz CT molecular complexity index is 748. The van der Waals surface area contributed by atoms with Crippen molar-refractivity contribution in [3.05, 3.63) is 80.5 Å². The third-order valence-corrected chi connectivity index (χ3v) is 5.92. The van der Waals surface area contributed by atoms with Crippen LogP contribution in [0.2, 0.25) is 0 Å². The van der Waals surface area contributed by atoms with Crippen LogP contribution in [0.25, 0.3) is 11.1 Å². The summed E-state index contributed by atoms with van der Waals surface area (Å²) in [5.74, 6) is 0. The normalized spacial score (nSPS) is 13.2. The van der Waals surface area contributed by atoms with Crippen LogP contribution < -0.4 is 5.32 Å². The SMILES string of the molecule is Brc1ccsc1CNC1c2ccccc2-c2ccccc21. The Balaban J connectivity index is 1.70. The van der Waals surface area contributed by atoms with Crippen LogP contribution in [0.5, 0.6) is 0 Å². The molecule has 0 saturated carbocycles. The molecule has 1 nitrogen and oxygen atoms in total. The third-order valence-electron chi connectivity index (χ3n) is 3.99. The maximum Gasteiger partial charge on any atom is 0.0591 e. The molecule has 2 aromatic carbocycles. The van der Waals surface area contributed by atoms with Crippen molar-refractivity contribution in [1.29, 1.82) is 0 Å². The van der Waals surface area contributed by atoms with Gasteiger partial charge in [-0.05, 0) is 49.6 Å². The van der Waals surface area contributed by atoms with Gasteiger partial charge in [0.1, 0.15) is 0 Å². The molecule has 4 rings (SSSR count). The van der Waals surface area contributed by atoms with Crippen molar-refractivity contribution in [3.63, 3.8) is 0 Å². The van der Waals surface area contributed by atoms with Gasteiger partial charge in [-0.15, -0.1) is 11.3 Å². The lowest BCUT2D eigenvalue weighted by Crippen LogP contribution is -2.19. The summed E-state index contributed by atoms with van der Waals surface area (Å²) in [7, 11) is 0. The second kappa shape index (κ2) is 5.41. The number of nitrogens with one attached hydrogen (secondary N) is 1. The zero-order valence-electron chi connectivity index (χ0n) is 11.3. The highest BCUT2D eigenvalue weighted by molar-refractivity contribution is 9.10. The van der Waals surface area contributed by atoms with E-state index in [1.807, 2.05) is 0 Å². The predicted molar refractivity (Wildman–Crippen MR) is 92.6 cm³/mol. The first-order valence-corrected chi connectivity index (χ1v) is 8.65. The first-order chi connectivity index (χ1) is 10.3. The van der Waals surface area contributed by atoms with Crippen molar-refractivity contribution < 1.29 is 0 Å². The smallest absolute Gasteiger partial charge is 0.0591 e.